The largest absolute Gasteiger partial charge is 0.330 e. The maximum absolute atomic E-state index is 6.20. The van der Waals surface area contributed by atoms with E-state index in [1.54, 1.807) is 0 Å². The van der Waals surface area contributed by atoms with Gasteiger partial charge in [-0.15, -0.1) is 0 Å². The summed E-state index contributed by atoms with van der Waals surface area (Å²) in [5, 5.41) is 0.749. The molecule has 0 amide bonds. The second kappa shape index (κ2) is 4.92. The molecule has 0 saturated heterocycles. The van der Waals surface area contributed by atoms with E-state index in [9.17, 15) is 0 Å². The molecule has 0 aliphatic carbocycles. The Kier molecular flexibility index (Phi) is 3.41. The average Bonchev–Trinajstić information content (AvgIpc) is 2.68. The van der Waals surface area contributed by atoms with Crippen LogP contribution in [0.5, 0.6) is 0 Å². The number of nitrogens with zero attached hydrogens (tertiary/aromatic N) is 1. The summed E-state index contributed by atoms with van der Waals surface area (Å²) in [4.78, 5) is 3.24. The van der Waals surface area contributed by atoms with Gasteiger partial charge < -0.3 is 4.98 Å². The van der Waals surface area contributed by atoms with Crippen LogP contribution in [0.4, 0.5) is 0 Å². The zero-order valence-electron chi connectivity index (χ0n) is 10.1. The van der Waals surface area contributed by atoms with Gasteiger partial charge in [0.05, 0.1) is 16.7 Å². The number of rotatable bonds is 1. The Morgan fingerprint density at radius 2 is 2.05 bits per heavy atom. The number of nitrogens with one attached hydrogen (secondary N) is 1. The van der Waals surface area contributed by atoms with Crippen molar-refractivity contribution in [2.45, 2.75) is 6.92 Å². The minimum absolute atomic E-state index is 0.683. The fraction of sp³-hybridized carbons (Fsp3) is 0.0714. The van der Waals surface area contributed by atoms with Crippen LogP contribution in [0.2, 0.25) is 5.02 Å². The predicted molar refractivity (Wildman–Crippen MR) is 90.9 cm³/mol. The number of benzene rings is 2. The van der Waals surface area contributed by atoms with Crippen molar-refractivity contribution in [3.05, 3.63) is 55.3 Å². The molecule has 0 atom stereocenters. The molecule has 0 spiro atoms. The zero-order chi connectivity index (χ0) is 13.6. The van der Waals surface area contributed by atoms with Gasteiger partial charge in [-0.3, -0.25) is 4.57 Å². The monoisotopic (exact) mass is 400 g/mol. The summed E-state index contributed by atoms with van der Waals surface area (Å²) >= 11 is 13.9. The summed E-state index contributed by atoms with van der Waals surface area (Å²) in [6.45, 7) is 2.00. The van der Waals surface area contributed by atoms with Crippen LogP contribution in [0.25, 0.3) is 16.7 Å². The third-order valence-electron chi connectivity index (χ3n) is 3.12. The van der Waals surface area contributed by atoms with E-state index in [-0.39, 0.29) is 0 Å². The number of hydrogen-bond donors (Lipinski definition) is 1. The quantitative estimate of drug-likeness (QED) is 0.437. The van der Waals surface area contributed by atoms with Crippen LogP contribution in [-0.2, 0) is 0 Å². The number of imidazole rings is 1. The molecule has 0 bridgehead atoms. The Balaban J connectivity index is 2.40. The molecular formula is C14H10ClIN2S. The molecule has 5 heteroatoms. The van der Waals surface area contributed by atoms with Crippen molar-refractivity contribution in [1.29, 1.82) is 0 Å². The third kappa shape index (κ3) is 2.22. The summed E-state index contributed by atoms with van der Waals surface area (Å²) in [7, 11) is 0. The Labute approximate surface area is 134 Å². The van der Waals surface area contributed by atoms with Crippen LogP contribution in [-0.4, -0.2) is 9.55 Å². The SMILES string of the molecule is Cc1c(Cl)cccc1-n1c(=S)[nH]c2cc(I)ccc21. The van der Waals surface area contributed by atoms with Gasteiger partial charge >= 0.3 is 0 Å². The second-order valence-electron chi connectivity index (χ2n) is 4.31. The van der Waals surface area contributed by atoms with Crippen molar-refractivity contribution < 1.29 is 0 Å². The van der Waals surface area contributed by atoms with E-state index in [1.807, 2.05) is 29.7 Å². The smallest absolute Gasteiger partial charge is 0.182 e. The molecule has 1 heterocycles. The van der Waals surface area contributed by atoms with Crippen molar-refractivity contribution in [1.82, 2.24) is 9.55 Å². The van der Waals surface area contributed by atoms with E-state index in [0.29, 0.717) is 4.77 Å². The van der Waals surface area contributed by atoms with Gasteiger partial charge in [0.2, 0.25) is 0 Å². The number of hydrogen-bond acceptors (Lipinski definition) is 1. The molecule has 1 N–H and O–H groups in total. The number of fused-ring (bicyclic) bond motifs is 1. The molecule has 0 fully saturated rings. The highest BCUT2D eigenvalue weighted by atomic mass is 127. The van der Waals surface area contributed by atoms with Gasteiger partial charge in [-0.25, -0.2) is 0 Å². The average molecular weight is 401 g/mol. The Hall–Kier alpha value is -0.850. The lowest BCUT2D eigenvalue weighted by Gasteiger charge is -2.09. The molecule has 0 saturated carbocycles. The van der Waals surface area contributed by atoms with E-state index in [2.05, 4.69) is 45.8 Å². The van der Waals surface area contributed by atoms with Crippen LogP contribution in [0.3, 0.4) is 0 Å². The highest BCUT2D eigenvalue weighted by molar-refractivity contribution is 14.1. The molecule has 19 heavy (non-hydrogen) atoms. The number of halogens is 2. The van der Waals surface area contributed by atoms with Crippen molar-refractivity contribution in [3.63, 3.8) is 0 Å². The summed E-state index contributed by atoms with van der Waals surface area (Å²) < 4.78 is 3.89. The summed E-state index contributed by atoms with van der Waals surface area (Å²) in [5.74, 6) is 0. The lowest BCUT2D eigenvalue weighted by Crippen LogP contribution is -1.97. The van der Waals surface area contributed by atoms with Crippen LogP contribution < -0.4 is 0 Å². The van der Waals surface area contributed by atoms with Crippen molar-refractivity contribution in [2.75, 3.05) is 0 Å². The molecule has 0 aliphatic rings. The van der Waals surface area contributed by atoms with Gasteiger partial charge in [-0.05, 0) is 77.6 Å². The van der Waals surface area contributed by atoms with Crippen LogP contribution in [0, 0.1) is 15.3 Å². The Bertz CT molecular complexity index is 835. The van der Waals surface area contributed by atoms with E-state index in [1.165, 1.54) is 3.57 Å². The van der Waals surface area contributed by atoms with Crippen molar-refractivity contribution in [2.24, 2.45) is 0 Å². The lowest BCUT2D eigenvalue weighted by molar-refractivity contribution is 1.05. The Morgan fingerprint density at radius 3 is 2.84 bits per heavy atom. The van der Waals surface area contributed by atoms with E-state index in [0.717, 1.165) is 27.3 Å². The predicted octanol–water partition coefficient (Wildman–Crippen LogP) is 5.25. The van der Waals surface area contributed by atoms with Crippen LogP contribution in [0.1, 0.15) is 5.56 Å². The molecule has 0 aliphatic heterocycles. The van der Waals surface area contributed by atoms with Crippen LogP contribution >= 0.6 is 46.4 Å². The zero-order valence-corrected chi connectivity index (χ0v) is 13.8. The van der Waals surface area contributed by atoms with Gasteiger partial charge in [0, 0.05) is 8.59 Å². The van der Waals surface area contributed by atoms with Crippen molar-refractivity contribution >= 4 is 57.4 Å². The molecule has 2 nitrogen and oxygen atoms in total. The third-order valence-corrected chi connectivity index (χ3v) is 4.49. The van der Waals surface area contributed by atoms with E-state index >= 15 is 0 Å². The topological polar surface area (TPSA) is 20.7 Å². The summed E-state index contributed by atoms with van der Waals surface area (Å²) in [5.41, 5.74) is 4.15. The highest BCUT2D eigenvalue weighted by Crippen LogP contribution is 2.26. The Morgan fingerprint density at radius 1 is 1.26 bits per heavy atom. The molecular weight excluding hydrogens is 391 g/mol. The first-order chi connectivity index (χ1) is 9.08. The number of H-pyrrole nitrogens is 1. The summed E-state index contributed by atoms with van der Waals surface area (Å²) in [6.07, 6.45) is 0. The first kappa shape index (κ1) is 13.1. The maximum atomic E-state index is 6.20. The van der Waals surface area contributed by atoms with Gasteiger partial charge in [0.1, 0.15) is 0 Å². The number of aromatic nitrogens is 2. The highest BCUT2D eigenvalue weighted by Gasteiger charge is 2.10. The van der Waals surface area contributed by atoms with E-state index in [4.69, 9.17) is 23.8 Å². The maximum Gasteiger partial charge on any atom is 0.182 e. The molecule has 96 valence electrons. The molecule has 3 aromatic rings. The fourth-order valence-corrected chi connectivity index (χ4v) is 3.13. The second-order valence-corrected chi connectivity index (χ2v) is 6.35. The minimum Gasteiger partial charge on any atom is -0.330 e. The lowest BCUT2D eigenvalue weighted by atomic mass is 10.2. The first-order valence-electron chi connectivity index (χ1n) is 5.73. The molecule has 2 aromatic carbocycles. The summed E-state index contributed by atoms with van der Waals surface area (Å²) in [6, 6.07) is 12.1. The van der Waals surface area contributed by atoms with E-state index < -0.39 is 0 Å². The van der Waals surface area contributed by atoms with Crippen LogP contribution in [0.15, 0.2) is 36.4 Å². The molecule has 3 rings (SSSR count). The fourth-order valence-electron chi connectivity index (χ4n) is 2.16. The van der Waals surface area contributed by atoms with Gasteiger partial charge in [0.25, 0.3) is 0 Å². The van der Waals surface area contributed by atoms with Crippen molar-refractivity contribution in [3.8, 4) is 5.69 Å². The normalized spacial score (nSPS) is 11.1. The standard InChI is InChI=1S/C14H10ClIN2S/c1-8-10(15)3-2-4-12(8)18-13-6-5-9(16)7-11(13)17-14(18)19/h2-7H,1H3,(H,17,19). The minimum atomic E-state index is 0.683. The molecule has 1 aromatic heterocycles. The molecule has 0 unspecified atom stereocenters. The molecule has 0 radical (unpaired) electrons. The van der Waals surface area contributed by atoms with Gasteiger partial charge in [-0.2, -0.15) is 0 Å². The van der Waals surface area contributed by atoms with Gasteiger partial charge in [0.15, 0.2) is 4.77 Å². The van der Waals surface area contributed by atoms with Gasteiger partial charge in [-0.1, -0.05) is 17.7 Å². The number of aromatic amines is 1. The first-order valence-corrected chi connectivity index (χ1v) is 7.60.